The van der Waals surface area contributed by atoms with Crippen molar-refractivity contribution in [2.24, 2.45) is 11.3 Å². The molecule has 0 amide bonds. The maximum atomic E-state index is 12.4. The van der Waals surface area contributed by atoms with Gasteiger partial charge >= 0.3 is 11.9 Å². The Morgan fingerprint density at radius 2 is 1.88 bits per heavy atom. The Balaban J connectivity index is 3.26. The molecule has 0 aliphatic carbocycles. The first kappa shape index (κ1) is 20.2. The molecule has 0 aliphatic heterocycles. The number of rotatable bonds is 7. The average molecular weight is 347 g/mol. The number of nitriles is 2. The summed E-state index contributed by atoms with van der Waals surface area (Å²) in [7, 11) is 1.29. The van der Waals surface area contributed by atoms with E-state index < -0.39 is 28.7 Å². The second-order valence-corrected chi connectivity index (χ2v) is 6.29. The van der Waals surface area contributed by atoms with Gasteiger partial charge in [0.15, 0.2) is 11.8 Å². The van der Waals surface area contributed by atoms with Crippen molar-refractivity contribution in [3.05, 3.63) is 17.8 Å². The third-order valence-electron chi connectivity index (χ3n) is 3.95. The van der Waals surface area contributed by atoms with Crippen LogP contribution in [0.25, 0.3) is 0 Å². The molecule has 0 fully saturated rings. The Morgan fingerprint density at radius 3 is 2.36 bits per heavy atom. The average Bonchev–Trinajstić information content (AvgIpc) is 3.03. The minimum absolute atomic E-state index is 0.0953. The fraction of sp³-hybridized carbons (Fsp3) is 0.588. The van der Waals surface area contributed by atoms with Gasteiger partial charge in [0.2, 0.25) is 0 Å². The zero-order chi connectivity index (χ0) is 19.3. The number of aromatic nitrogens is 1. The zero-order valence-corrected chi connectivity index (χ0v) is 15.0. The van der Waals surface area contributed by atoms with E-state index in [4.69, 9.17) is 13.9 Å². The molecule has 1 aromatic rings. The molecule has 0 radical (unpaired) electrons. The first-order valence-corrected chi connectivity index (χ1v) is 7.67. The Morgan fingerprint density at radius 1 is 1.28 bits per heavy atom. The van der Waals surface area contributed by atoms with Crippen LogP contribution in [0.5, 0.6) is 0 Å². The van der Waals surface area contributed by atoms with E-state index in [-0.39, 0.29) is 24.6 Å². The highest BCUT2D eigenvalue weighted by Crippen LogP contribution is 2.34. The van der Waals surface area contributed by atoms with E-state index in [1.54, 1.807) is 32.9 Å². The summed E-state index contributed by atoms with van der Waals surface area (Å²) in [6.45, 7) is 6.47. The van der Waals surface area contributed by atoms with E-state index in [0.717, 1.165) is 0 Å². The van der Waals surface area contributed by atoms with Gasteiger partial charge in [-0.25, -0.2) is 4.98 Å². The van der Waals surface area contributed by atoms with Crippen LogP contribution in [0.1, 0.15) is 39.3 Å². The van der Waals surface area contributed by atoms with Crippen molar-refractivity contribution in [2.75, 3.05) is 13.7 Å². The van der Waals surface area contributed by atoms with Crippen molar-refractivity contribution in [1.29, 1.82) is 10.5 Å². The highest BCUT2D eigenvalue weighted by Gasteiger charge is 2.48. The molecule has 8 heteroatoms. The molecule has 1 atom stereocenters. The van der Waals surface area contributed by atoms with Gasteiger partial charge < -0.3 is 13.9 Å². The lowest BCUT2D eigenvalue weighted by molar-refractivity contribution is -0.151. The molecule has 0 aliphatic rings. The molecule has 0 spiro atoms. The molecule has 0 aromatic carbocycles. The highest BCUT2D eigenvalue weighted by molar-refractivity contribution is 5.83. The van der Waals surface area contributed by atoms with Gasteiger partial charge in [-0.2, -0.15) is 10.5 Å². The standard InChI is InChI=1S/C17H21N3O5/c1-6-24-15(22)17(4,11(8-18)9-19)12-10-25-13(20-12)7-16(2,3)14(21)23-5/h10-11H,6-7H2,1-5H3. The van der Waals surface area contributed by atoms with Crippen LogP contribution in [0.15, 0.2) is 10.7 Å². The zero-order valence-electron chi connectivity index (χ0n) is 15.0. The van der Waals surface area contributed by atoms with Crippen LogP contribution in [0, 0.1) is 34.0 Å². The summed E-state index contributed by atoms with van der Waals surface area (Å²) in [5, 5.41) is 18.5. The molecule has 1 unspecified atom stereocenters. The van der Waals surface area contributed by atoms with Crippen molar-refractivity contribution in [3.8, 4) is 12.1 Å². The van der Waals surface area contributed by atoms with E-state index in [0.29, 0.717) is 0 Å². The largest absolute Gasteiger partial charge is 0.469 e. The molecule has 0 saturated heterocycles. The highest BCUT2D eigenvalue weighted by atomic mass is 16.5. The number of carbonyl (C=O) groups excluding carboxylic acids is 2. The molecule has 25 heavy (non-hydrogen) atoms. The topological polar surface area (TPSA) is 126 Å². The molecule has 134 valence electrons. The van der Waals surface area contributed by atoms with Gasteiger partial charge in [0.25, 0.3) is 0 Å². The molecule has 8 nitrogen and oxygen atoms in total. The molecule has 1 rings (SSSR count). The Kier molecular flexibility index (Phi) is 6.30. The smallest absolute Gasteiger partial charge is 0.320 e. The minimum atomic E-state index is -1.60. The summed E-state index contributed by atoms with van der Waals surface area (Å²) in [6.07, 6.45) is 1.34. The van der Waals surface area contributed by atoms with Gasteiger partial charge in [-0.1, -0.05) is 0 Å². The quantitative estimate of drug-likeness (QED) is 0.684. The van der Waals surface area contributed by atoms with Crippen molar-refractivity contribution in [2.45, 2.75) is 39.5 Å². The first-order valence-electron chi connectivity index (χ1n) is 7.67. The van der Waals surface area contributed by atoms with E-state index in [1.807, 2.05) is 0 Å². The van der Waals surface area contributed by atoms with Gasteiger partial charge in [-0.15, -0.1) is 0 Å². The predicted molar refractivity (Wildman–Crippen MR) is 84.7 cm³/mol. The number of nitrogens with zero attached hydrogens (tertiary/aromatic N) is 3. The summed E-state index contributed by atoms with van der Waals surface area (Å²) in [5.41, 5.74) is -2.38. The van der Waals surface area contributed by atoms with Crippen LogP contribution in [-0.4, -0.2) is 30.6 Å². The molecular weight excluding hydrogens is 326 g/mol. The lowest BCUT2D eigenvalue weighted by Crippen LogP contribution is -2.41. The fourth-order valence-corrected chi connectivity index (χ4v) is 2.30. The monoisotopic (exact) mass is 347 g/mol. The molecule has 0 saturated carbocycles. The molecule has 1 aromatic heterocycles. The maximum Gasteiger partial charge on any atom is 0.320 e. The van der Waals surface area contributed by atoms with Crippen LogP contribution in [-0.2, 0) is 30.9 Å². The molecular formula is C17H21N3O5. The van der Waals surface area contributed by atoms with Gasteiger partial charge in [0, 0.05) is 6.42 Å². The molecule has 1 heterocycles. The fourth-order valence-electron chi connectivity index (χ4n) is 2.30. The number of carbonyl (C=O) groups is 2. The van der Waals surface area contributed by atoms with E-state index in [9.17, 15) is 20.1 Å². The van der Waals surface area contributed by atoms with Gasteiger partial charge in [-0.3, -0.25) is 9.59 Å². The van der Waals surface area contributed by atoms with Crippen LogP contribution in [0.4, 0.5) is 0 Å². The van der Waals surface area contributed by atoms with Crippen LogP contribution in [0.3, 0.4) is 0 Å². The van der Waals surface area contributed by atoms with Crippen molar-refractivity contribution >= 4 is 11.9 Å². The summed E-state index contributed by atoms with van der Waals surface area (Å²) >= 11 is 0. The number of hydrogen-bond acceptors (Lipinski definition) is 8. The number of methoxy groups -OCH3 is 1. The third kappa shape index (κ3) is 3.97. The summed E-state index contributed by atoms with van der Waals surface area (Å²) in [6, 6.07) is 3.59. The Hall–Kier alpha value is -2.87. The minimum Gasteiger partial charge on any atom is -0.469 e. The Bertz CT molecular complexity index is 711. The number of oxazole rings is 1. The second-order valence-electron chi connectivity index (χ2n) is 6.29. The normalized spacial score (nSPS) is 13.4. The second kappa shape index (κ2) is 7.80. The van der Waals surface area contributed by atoms with Gasteiger partial charge in [-0.05, 0) is 27.7 Å². The Labute approximate surface area is 146 Å². The van der Waals surface area contributed by atoms with Crippen LogP contribution >= 0.6 is 0 Å². The van der Waals surface area contributed by atoms with Crippen molar-refractivity contribution < 1.29 is 23.5 Å². The predicted octanol–water partition coefficient (Wildman–Crippen LogP) is 1.90. The summed E-state index contributed by atoms with van der Waals surface area (Å²) in [5.74, 6) is -2.30. The first-order chi connectivity index (χ1) is 11.7. The number of ether oxygens (including phenoxy) is 2. The number of esters is 2. The van der Waals surface area contributed by atoms with Gasteiger partial charge in [0.1, 0.15) is 11.7 Å². The third-order valence-corrected chi connectivity index (χ3v) is 3.95. The lowest BCUT2D eigenvalue weighted by atomic mass is 9.76. The van der Waals surface area contributed by atoms with Crippen LogP contribution < -0.4 is 0 Å². The maximum absolute atomic E-state index is 12.4. The van der Waals surface area contributed by atoms with E-state index >= 15 is 0 Å². The number of hydrogen-bond donors (Lipinski definition) is 0. The molecule has 0 bridgehead atoms. The molecule has 0 N–H and O–H groups in total. The lowest BCUT2D eigenvalue weighted by Gasteiger charge is -2.25. The van der Waals surface area contributed by atoms with Crippen molar-refractivity contribution in [3.63, 3.8) is 0 Å². The van der Waals surface area contributed by atoms with E-state index in [1.165, 1.54) is 20.3 Å². The SMILES string of the molecule is CCOC(=O)C(C)(c1coc(CC(C)(C)C(=O)OC)n1)C(C#N)C#N. The van der Waals surface area contributed by atoms with Crippen molar-refractivity contribution in [1.82, 2.24) is 4.98 Å². The summed E-state index contributed by atoms with van der Waals surface area (Å²) in [4.78, 5) is 28.4. The van der Waals surface area contributed by atoms with E-state index in [2.05, 4.69) is 4.98 Å². The van der Waals surface area contributed by atoms with Crippen LogP contribution in [0.2, 0.25) is 0 Å². The summed E-state index contributed by atoms with van der Waals surface area (Å²) < 4.78 is 15.1. The van der Waals surface area contributed by atoms with Gasteiger partial charge in [0.05, 0.1) is 37.0 Å².